The van der Waals surface area contributed by atoms with Gasteiger partial charge in [-0.05, 0) is 37.4 Å². The van der Waals surface area contributed by atoms with Gasteiger partial charge < -0.3 is 10.2 Å². The van der Waals surface area contributed by atoms with Crippen molar-refractivity contribution in [1.29, 1.82) is 0 Å². The molecule has 0 radical (unpaired) electrons. The van der Waals surface area contributed by atoms with Crippen LogP contribution in [-0.4, -0.2) is 25.5 Å². The monoisotopic (exact) mass is 288 g/mol. The summed E-state index contributed by atoms with van der Waals surface area (Å²) in [5.74, 6) is 0.204. The lowest BCUT2D eigenvalue weighted by molar-refractivity contribution is -0.117. The number of hydrogen-bond donors (Lipinski definition) is 1. The van der Waals surface area contributed by atoms with E-state index in [1.165, 1.54) is 37.7 Å². The smallest absolute Gasteiger partial charge is 0.240 e. The van der Waals surface area contributed by atoms with Crippen molar-refractivity contribution >= 4 is 11.6 Å². The molecule has 2 rings (SSSR count). The average Bonchev–Trinajstić information content (AvgIpc) is 2.53. The van der Waals surface area contributed by atoms with Crippen LogP contribution in [0.2, 0.25) is 0 Å². The van der Waals surface area contributed by atoms with Gasteiger partial charge in [0.2, 0.25) is 5.91 Å². The minimum atomic E-state index is 0.204. The Morgan fingerprint density at radius 3 is 2.86 bits per heavy atom. The first-order valence-corrected chi connectivity index (χ1v) is 8.42. The summed E-state index contributed by atoms with van der Waals surface area (Å²) < 4.78 is 0. The number of hydrogen-bond acceptors (Lipinski definition) is 2. The summed E-state index contributed by atoms with van der Waals surface area (Å²) in [6.45, 7) is 4.49. The van der Waals surface area contributed by atoms with Crippen LogP contribution in [-0.2, 0) is 11.2 Å². The predicted molar refractivity (Wildman–Crippen MR) is 88.7 cm³/mol. The Morgan fingerprint density at radius 1 is 1.19 bits per heavy atom. The van der Waals surface area contributed by atoms with Crippen LogP contribution in [0.25, 0.3) is 0 Å². The number of nitrogens with one attached hydrogen (secondary N) is 1. The van der Waals surface area contributed by atoms with Crippen LogP contribution in [0.3, 0.4) is 0 Å². The maximum absolute atomic E-state index is 12.4. The van der Waals surface area contributed by atoms with Crippen molar-refractivity contribution in [3.05, 3.63) is 29.8 Å². The molecule has 3 nitrogen and oxygen atoms in total. The van der Waals surface area contributed by atoms with Gasteiger partial charge in [0, 0.05) is 12.2 Å². The van der Waals surface area contributed by atoms with Crippen LogP contribution in [0.15, 0.2) is 24.3 Å². The van der Waals surface area contributed by atoms with Crippen molar-refractivity contribution in [2.75, 3.05) is 24.5 Å². The lowest BCUT2D eigenvalue weighted by Crippen LogP contribution is -2.41. The van der Waals surface area contributed by atoms with Gasteiger partial charge in [-0.1, -0.05) is 50.8 Å². The van der Waals surface area contributed by atoms with Gasteiger partial charge in [-0.25, -0.2) is 0 Å². The minimum Gasteiger partial charge on any atom is -0.311 e. The molecule has 116 valence electrons. The number of benzene rings is 1. The molecule has 1 N–H and O–H groups in total. The molecule has 0 spiro atoms. The number of para-hydroxylation sites is 1. The number of nitrogens with zero attached hydrogens (tertiary/aromatic N) is 1. The van der Waals surface area contributed by atoms with Gasteiger partial charge in [0.05, 0.1) is 6.54 Å². The quantitative estimate of drug-likeness (QED) is 0.742. The highest BCUT2D eigenvalue weighted by Crippen LogP contribution is 2.26. The lowest BCUT2D eigenvalue weighted by atomic mass is 10.0. The number of fused-ring (bicyclic) bond motifs is 1. The summed E-state index contributed by atoms with van der Waals surface area (Å²) in [6.07, 6.45) is 8.51. The summed E-state index contributed by atoms with van der Waals surface area (Å²) in [5, 5.41) is 3.30. The Labute approximate surface area is 128 Å². The first-order chi connectivity index (χ1) is 10.3. The van der Waals surface area contributed by atoms with Crippen LogP contribution in [0.5, 0.6) is 0 Å². The molecule has 1 aliphatic rings. The summed E-state index contributed by atoms with van der Waals surface area (Å²) >= 11 is 0. The summed E-state index contributed by atoms with van der Waals surface area (Å²) in [4.78, 5) is 14.3. The number of rotatable bonds is 8. The Morgan fingerprint density at radius 2 is 2.00 bits per heavy atom. The van der Waals surface area contributed by atoms with E-state index in [2.05, 4.69) is 30.4 Å². The Hall–Kier alpha value is -1.35. The summed E-state index contributed by atoms with van der Waals surface area (Å²) in [6, 6.07) is 8.28. The van der Waals surface area contributed by atoms with Gasteiger partial charge >= 0.3 is 0 Å². The van der Waals surface area contributed by atoms with Crippen LogP contribution in [0.4, 0.5) is 5.69 Å². The molecular formula is C18H28N2O. The van der Waals surface area contributed by atoms with Crippen molar-refractivity contribution in [1.82, 2.24) is 5.32 Å². The third-order valence-corrected chi connectivity index (χ3v) is 4.14. The topological polar surface area (TPSA) is 32.3 Å². The van der Waals surface area contributed by atoms with E-state index in [0.717, 1.165) is 31.6 Å². The summed E-state index contributed by atoms with van der Waals surface area (Å²) in [7, 11) is 0. The molecule has 0 unspecified atom stereocenters. The first kappa shape index (κ1) is 16.0. The normalized spacial score (nSPS) is 14.0. The number of carbonyl (C=O) groups excluding carboxylic acids is 1. The van der Waals surface area contributed by atoms with Crippen LogP contribution < -0.4 is 10.2 Å². The molecule has 0 saturated carbocycles. The van der Waals surface area contributed by atoms with Crippen molar-refractivity contribution in [2.45, 2.75) is 51.9 Å². The van der Waals surface area contributed by atoms with Gasteiger partial charge in [-0.2, -0.15) is 0 Å². The van der Waals surface area contributed by atoms with Crippen LogP contribution in [0, 0.1) is 0 Å². The fourth-order valence-corrected chi connectivity index (χ4v) is 2.94. The second-order valence-corrected chi connectivity index (χ2v) is 5.87. The van der Waals surface area contributed by atoms with E-state index in [0.29, 0.717) is 6.54 Å². The molecule has 1 aromatic carbocycles. The maximum Gasteiger partial charge on any atom is 0.240 e. The fraction of sp³-hybridized carbons (Fsp3) is 0.611. The highest BCUT2D eigenvalue weighted by molar-refractivity contribution is 5.95. The second kappa shape index (κ2) is 8.83. The zero-order valence-electron chi connectivity index (χ0n) is 13.2. The van der Waals surface area contributed by atoms with E-state index >= 15 is 0 Å². The van der Waals surface area contributed by atoms with E-state index in [9.17, 15) is 4.79 Å². The molecule has 1 heterocycles. The zero-order valence-corrected chi connectivity index (χ0v) is 13.2. The molecule has 0 bridgehead atoms. The van der Waals surface area contributed by atoms with E-state index in [1.54, 1.807) is 0 Å². The molecule has 1 aliphatic heterocycles. The highest BCUT2D eigenvalue weighted by Gasteiger charge is 2.21. The van der Waals surface area contributed by atoms with Crippen molar-refractivity contribution in [3.8, 4) is 0 Å². The van der Waals surface area contributed by atoms with Crippen LogP contribution >= 0.6 is 0 Å². The molecule has 1 aromatic rings. The number of carbonyl (C=O) groups is 1. The third-order valence-electron chi connectivity index (χ3n) is 4.14. The molecule has 0 aliphatic carbocycles. The third kappa shape index (κ3) is 4.85. The number of anilines is 1. The van der Waals surface area contributed by atoms with Gasteiger partial charge in [-0.3, -0.25) is 4.79 Å². The molecule has 0 saturated heterocycles. The van der Waals surface area contributed by atoms with Crippen molar-refractivity contribution in [3.63, 3.8) is 0 Å². The van der Waals surface area contributed by atoms with Gasteiger partial charge in [0.1, 0.15) is 0 Å². The number of aryl methyl sites for hydroxylation is 1. The van der Waals surface area contributed by atoms with E-state index in [1.807, 2.05) is 11.0 Å². The molecular weight excluding hydrogens is 260 g/mol. The molecule has 21 heavy (non-hydrogen) atoms. The molecule has 0 atom stereocenters. The zero-order chi connectivity index (χ0) is 14.9. The Kier molecular flexibility index (Phi) is 6.74. The Balaban J connectivity index is 1.72. The minimum absolute atomic E-state index is 0.204. The predicted octanol–water partition coefficient (Wildman–Crippen LogP) is 3.53. The molecule has 0 fully saturated rings. The standard InChI is InChI=1S/C18H28N2O/c1-2-3-4-5-8-13-19-15-18(21)20-14-9-11-16-10-6-7-12-17(16)20/h6-7,10,12,19H,2-5,8-9,11,13-15H2,1H3. The second-order valence-electron chi connectivity index (χ2n) is 5.87. The largest absolute Gasteiger partial charge is 0.311 e. The first-order valence-electron chi connectivity index (χ1n) is 8.42. The van der Waals surface area contributed by atoms with Gasteiger partial charge in [0.25, 0.3) is 0 Å². The van der Waals surface area contributed by atoms with Crippen molar-refractivity contribution < 1.29 is 4.79 Å². The maximum atomic E-state index is 12.4. The molecule has 1 amide bonds. The molecule has 3 heteroatoms. The number of unbranched alkanes of at least 4 members (excludes halogenated alkanes) is 4. The summed E-state index contributed by atoms with van der Waals surface area (Å²) in [5.41, 5.74) is 2.41. The Bertz CT molecular complexity index is 445. The van der Waals surface area contributed by atoms with E-state index in [4.69, 9.17) is 0 Å². The van der Waals surface area contributed by atoms with E-state index < -0.39 is 0 Å². The van der Waals surface area contributed by atoms with Crippen LogP contribution in [0.1, 0.15) is 51.0 Å². The van der Waals surface area contributed by atoms with Gasteiger partial charge in [-0.15, -0.1) is 0 Å². The average molecular weight is 288 g/mol. The number of amides is 1. The SMILES string of the molecule is CCCCCCCNCC(=O)N1CCCc2ccccc21. The van der Waals surface area contributed by atoms with E-state index in [-0.39, 0.29) is 5.91 Å². The lowest BCUT2D eigenvalue weighted by Gasteiger charge is -2.29. The fourth-order valence-electron chi connectivity index (χ4n) is 2.94. The van der Waals surface area contributed by atoms with Crippen molar-refractivity contribution in [2.24, 2.45) is 0 Å². The molecule has 0 aromatic heterocycles. The van der Waals surface area contributed by atoms with Gasteiger partial charge in [0.15, 0.2) is 0 Å². The highest BCUT2D eigenvalue weighted by atomic mass is 16.2.